The lowest BCUT2D eigenvalue weighted by molar-refractivity contribution is -0.385. The van der Waals surface area contributed by atoms with Crippen LogP contribution in [0.15, 0.2) is 65.6 Å². The number of rotatable bonds is 7. The molecule has 13 heteroatoms. The number of hydrogen-bond acceptors (Lipinski definition) is 8. The third-order valence-corrected chi connectivity index (χ3v) is 6.61. The number of amides is 1. The number of hydrogen-bond donors (Lipinski definition) is 0. The fourth-order valence-electron chi connectivity index (χ4n) is 3.54. The number of alkyl halides is 3. The minimum atomic E-state index is -4.75. The Morgan fingerprint density at radius 1 is 0.974 bits per heavy atom. The summed E-state index contributed by atoms with van der Waals surface area (Å²) in [6, 6.07) is 13.4. The van der Waals surface area contributed by atoms with E-state index in [1.165, 1.54) is 31.3 Å². The molecule has 1 amide bonds. The van der Waals surface area contributed by atoms with E-state index in [2.05, 4.69) is 0 Å². The fraction of sp³-hybridized carbons (Fsp3) is 0.120. The molecule has 1 saturated heterocycles. The SMILES string of the molecule is COc1cc(/C=C2/SC(=S)N(c3ccccc3OC)C2=O)ccc1Oc1ccc(C(F)(F)F)cc1[N+](=O)[O-]. The normalized spacial score (nSPS) is 14.7. The first kappa shape index (κ1) is 26.9. The van der Waals surface area contributed by atoms with Gasteiger partial charge in [0.2, 0.25) is 5.75 Å². The maximum Gasteiger partial charge on any atom is 0.416 e. The largest absolute Gasteiger partial charge is 0.495 e. The molecule has 1 fully saturated rings. The highest BCUT2D eigenvalue weighted by molar-refractivity contribution is 8.27. The summed E-state index contributed by atoms with van der Waals surface area (Å²) in [5.41, 5.74) is -1.01. The van der Waals surface area contributed by atoms with E-state index in [0.717, 1.165) is 17.8 Å². The molecule has 0 atom stereocenters. The summed E-state index contributed by atoms with van der Waals surface area (Å²) < 4.78 is 55.5. The van der Waals surface area contributed by atoms with Crippen molar-refractivity contribution in [1.82, 2.24) is 0 Å². The van der Waals surface area contributed by atoms with E-state index in [-0.39, 0.29) is 17.4 Å². The van der Waals surface area contributed by atoms with Crippen molar-refractivity contribution in [3.63, 3.8) is 0 Å². The number of methoxy groups -OCH3 is 2. The molecule has 0 spiro atoms. The molecule has 0 unspecified atom stereocenters. The molecule has 1 aliphatic heterocycles. The lowest BCUT2D eigenvalue weighted by atomic mass is 10.1. The lowest BCUT2D eigenvalue weighted by Gasteiger charge is -2.17. The van der Waals surface area contributed by atoms with Crippen LogP contribution in [-0.4, -0.2) is 29.4 Å². The Kier molecular flexibility index (Phi) is 7.60. The van der Waals surface area contributed by atoms with Crippen LogP contribution in [0, 0.1) is 10.1 Å². The maximum atomic E-state index is 13.1. The van der Waals surface area contributed by atoms with Crippen molar-refractivity contribution < 1.29 is 37.1 Å². The Morgan fingerprint density at radius 2 is 1.66 bits per heavy atom. The van der Waals surface area contributed by atoms with Crippen molar-refractivity contribution in [1.29, 1.82) is 0 Å². The molecule has 3 aromatic rings. The van der Waals surface area contributed by atoms with Gasteiger partial charge in [-0.1, -0.05) is 42.2 Å². The number of nitro groups is 1. The van der Waals surface area contributed by atoms with Gasteiger partial charge in [0.1, 0.15) is 5.75 Å². The van der Waals surface area contributed by atoms with Crippen molar-refractivity contribution in [3.8, 4) is 23.0 Å². The van der Waals surface area contributed by atoms with Gasteiger partial charge in [0.05, 0.1) is 35.3 Å². The standard InChI is InChI=1S/C25H17F3N2O6S2/c1-34-18-6-4-3-5-16(18)29-23(31)22(38-24(29)37)12-14-7-9-20(21(11-14)35-2)36-19-10-8-15(25(26,27)28)13-17(19)30(32)33/h3-13H,1-2H3/b22-12+. The van der Waals surface area contributed by atoms with Crippen LogP contribution in [0.3, 0.4) is 0 Å². The molecule has 38 heavy (non-hydrogen) atoms. The van der Waals surface area contributed by atoms with Crippen molar-refractivity contribution in [2.45, 2.75) is 6.18 Å². The monoisotopic (exact) mass is 562 g/mol. The fourth-order valence-corrected chi connectivity index (χ4v) is 4.83. The molecular formula is C25H17F3N2O6S2. The second kappa shape index (κ2) is 10.7. The van der Waals surface area contributed by atoms with Crippen molar-refractivity contribution in [3.05, 3.63) is 86.8 Å². The van der Waals surface area contributed by atoms with Gasteiger partial charge in [0, 0.05) is 6.07 Å². The van der Waals surface area contributed by atoms with Crippen LogP contribution in [-0.2, 0) is 11.0 Å². The van der Waals surface area contributed by atoms with E-state index in [9.17, 15) is 28.1 Å². The summed E-state index contributed by atoms with van der Waals surface area (Å²) in [6.07, 6.45) is -3.17. The zero-order valence-corrected chi connectivity index (χ0v) is 21.3. The predicted molar refractivity (Wildman–Crippen MR) is 140 cm³/mol. The zero-order valence-electron chi connectivity index (χ0n) is 19.6. The highest BCUT2D eigenvalue weighted by Gasteiger charge is 2.35. The first-order chi connectivity index (χ1) is 18.0. The zero-order chi connectivity index (χ0) is 27.6. The van der Waals surface area contributed by atoms with Crippen LogP contribution in [0.4, 0.5) is 24.5 Å². The smallest absolute Gasteiger partial charge is 0.416 e. The second-order valence-corrected chi connectivity index (χ2v) is 9.31. The summed E-state index contributed by atoms with van der Waals surface area (Å²) in [4.78, 5) is 25.3. The van der Waals surface area contributed by atoms with Gasteiger partial charge in [-0.3, -0.25) is 19.8 Å². The van der Waals surface area contributed by atoms with E-state index in [1.54, 1.807) is 36.4 Å². The average molecular weight is 563 g/mol. The van der Waals surface area contributed by atoms with E-state index in [0.29, 0.717) is 38.4 Å². The first-order valence-electron chi connectivity index (χ1n) is 10.7. The van der Waals surface area contributed by atoms with Crippen molar-refractivity contribution >= 4 is 51.7 Å². The number of para-hydroxylation sites is 2. The molecule has 0 N–H and O–H groups in total. The van der Waals surface area contributed by atoms with Gasteiger partial charge in [-0.05, 0) is 48.0 Å². The summed E-state index contributed by atoms with van der Waals surface area (Å²) >= 11 is 6.50. The molecule has 1 aliphatic rings. The number of halogens is 3. The quantitative estimate of drug-likeness (QED) is 0.134. The van der Waals surface area contributed by atoms with E-state index in [4.69, 9.17) is 26.4 Å². The van der Waals surface area contributed by atoms with Gasteiger partial charge in [0.25, 0.3) is 5.91 Å². The summed E-state index contributed by atoms with van der Waals surface area (Å²) in [5, 5.41) is 11.4. The van der Waals surface area contributed by atoms with Crippen LogP contribution >= 0.6 is 24.0 Å². The number of carbonyl (C=O) groups is 1. The van der Waals surface area contributed by atoms with E-state index >= 15 is 0 Å². The summed E-state index contributed by atoms with van der Waals surface area (Å²) in [5.74, 6) is -0.122. The Labute approximate surface area is 223 Å². The van der Waals surface area contributed by atoms with Gasteiger partial charge in [0.15, 0.2) is 15.8 Å². The number of ether oxygens (including phenoxy) is 3. The summed E-state index contributed by atoms with van der Waals surface area (Å²) in [7, 11) is 2.82. The Balaban J connectivity index is 1.63. The molecule has 0 aromatic heterocycles. The third-order valence-electron chi connectivity index (χ3n) is 5.31. The number of thioether (sulfide) groups is 1. The highest BCUT2D eigenvalue weighted by atomic mass is 32.2. The van der Waals surface area contributed by atoms with Crippen LogP contribution in [0.2, 0.25) is 0 Å². The predicted octanol–water partition coefficient (Wildman–Crippen LogP) is 6.83. The lowest BCUT2D eigenvalue weighted by Crippen LogP contribution is -2.27. The maximum absolute atomic E-state index is 13.1. The van der Waals surface area contributed by atoms with Gasteiger partial charge in [-0.15, -0.1) is 0 Å². The molecule has 3 aromatic carbocycles. The van der Waals surface area contributed by atoms with Gasteiger partial charge in [-0.25, -0.2) is 0 Å². The molecule has 0 bridgehead atoms. The molecule has 0 aliphatic carbocycles. The Hall–Kier alpha value is -4.10. The van der Waals surface area contributed by atoms with Crippen LogP contribution in [0.5, 0.6) is 23.0 Å². The Bertz CT molecular complexity index is 1480. The van der Waals surface area contributed by atoms with Crippen LogP contribution < -0.4 is 19.1 Å². The molecule has 4 rings (SSSR count). The highest BCUT2D eigenvalue weighted by Crippen LogP contribution is 2.42. The average Bonchev–Trinajstić information content (AvgIpc) is 3.16. The minimum absolute atomic E-state index is 0.0223. The van der Waals surface area contributed by atoms with Gasteiger partial charge >= 0.3 is 11.9 Å². The summed E-state index contributed by atoms with van der Waals surface area (Å²) in [6.45, 7) is 0. The number of anilines is 1. The van der Waals surface area contributed by atoms with E-state index < -0.39 is 28.1 Å². The van der Waals surface area contributed by atoms with Gasteiger partial charge in [-0.2, -0.15) is 13.2 Å². The minimum Gasteiger partial charge on any atom is -0.495 e. The molecule has 196 valence electrons. The number of thiocarbonyl (C=S) groups is 1. The van der Waals surface area contributed by atoms with Crippen LogP contribution in [0.1, 0.15) is 11.1 Å². The molecule has 0 radical (unpaired) electrons. The number of nitro benzene ring substituents is 1. The second-order valence-electron chi connectivity index (χ2n) is 7.64. The van der Waals surface area contributed by atoms with Crippen molar-refractivity contribution in [2.75, 3.05) is 19.1 Å². The third kappa shape index (κ3) is 5.43. The molecule has 1 heterocycles. The number of nitrogens with zero attached hydrogens (tertiary/aromatic N) is 2. The van der Waals surface area contributed by atoms with E-state index in [1.807, 2.05) is 0 Å². The first-order valence-corrected chi connectivity index (χ1v) is 11.9. The molecule has 0 saturated carbocycles. The number of benzene rings is 3. The molecular weight excluding hydrogens is 545 g/mol. The number of carbonyl (C=O) groups excluding carboxylic acids is 1. The Morgan fingerprint density at radius 3 is 2.32 bits per heavy atom. The van der Waals surface area contributed by atoms with Crippen LogP contribution in [0.25, 0.3) is 6.08 Å². The van der Waals surface area contributed by atoms with Crippen molar-refractivity contribution in [2.24, 2.45) is 0 Å². The molecule has 8 nitrogen and oxygen atoms in total. The van der Waals surface area contributed by atoms with Gasteiger partial charge < -0.3 is 14.2 Å². The topological polar surface area (TPSA) is 91.1 Å².